The monoisotopic (exact) mass is 455 g/mol. The van der Waals surface area contributed by atoms with Gasteiger partial charge in [0.05, 0.1) is 29.4 Å². The van der Waals surface area contributed by atoms with Crippen LogP contribution in [-0.4, -0.2) is 57.7 Å². The Bertz CT molecular complexity index is 1150. The third kappa shape index (κ3) is 3.91. The van der Waals surface area contributed by atoms with Crippen LogP contribution in [0.1, 0.15) is 11.1 Å². The van der Waals surface area contributed by atoms with Gasteiger partial charge < -0.3 is 20.7 Å². The Morgan fingerprint density at radius 3 is 2.75 bits per heavy atom. The smallest absolute Gasteiger partial charge is 0.228 e. The zero-order valence-corrected chi connectivity index (χ0v) is 18.9. The Labute approximate surface area is 189 Å². The molecule has 1 aromatic heterocycles. The maximum atomic E-state index is 10.7. The number of nitrogens with one attached hydrogen (secondary N) is 1. The molecular formula is C23H29N5O3S. The van der Waals surface area contributed by atoms with Crippen molar-refractivity contribution < 1.29 is 13.8 Å². The highest BCUT2D eigenvalue weighted by Crippen LogP contribution is 2.51. The van der Waals surface area contributed by atoms with Crippen LogP contribution in [0.25, 0.3) is 10.9 Å². The molecule has 1 fully saturated rings. The lowest BCUT2D eigenvalue weighted by atomic mass is 9.86. The summed E-state index contributed by atoms with van der Waals surface area (Å²) in [6.07, 6.45) is 0. The van der Waals surface area contributed by atoms with Crippen LogP contribution in [-0.2, 0) is 11.3 Å². The van der Waals surface area contributed by atoms with Crippen LogP contribution in [0.15, 0.2) is 47.4 Å². The topological polar surface area (TPSA) is 117 Å². The molecule has 170 valence electrons. The van der Waals surface area contributed by atoms with Gasteiger partial charge in [-0.15, -0.1) is 0 Å². The maximum absolute atomic E-state index is 10.7. The quantitative estimate of drug-likeness (QED) is 0.462. The lowest BCUT2D eigenvalue weighted by molar-refractivity contribution is -0.0979. The van der Waals surface area contributed by atoms with Crippen molar-refractivity contribution in [3.8, 4) is 0 Å². The van der Waals surface area contributed by atoms with Gasteiger partial charge in [-0.2, -0.15) is 15.6 Å². The van der Waals surface area contributed by atoms with Gasteiger partial charge in [0, 0.05) is 37.0 Å². The summed E-state index contributed by atoms with van der Waals surface area (Å²) in [5, 5.41) is 4.47. The molecule has 3 heterocycles. The number of aromatic nitrogens is 2. The van der Waals surface area contributed by atoms with Crippen molar-refractivity contribution in [3.63, 3.8) is 0 Å². The average molecular weight is 456 g/mol. The van der Waals surface area contributed by atoms with Crippen molar-refractivity contribution in [2.24, 2.45) is 11.1 Å². The van der Waals surface area contributed by atoms with Gasteiger partial charge in [-0.3, -0.25) is 9.11 Å². The van der Waals surface area contributed by atoms with Crippen LogP contribution < -0.4 is 16.0 Å². The summed E-state index contributed by atoms with van der Waals surface area (Å²) in [5.74, 6) is 1.58. The summed E-state index contributed by atoms with van der Waals surface area (Å²) in [6.45, 7) is 5.53. The van der Waals surface area contributed by atoms with E-state index in [9.17, 15) is 9.11 Å². The van der Waals surface area contributed by atoms with Crippen molar-refractivity contribution in [2.75, 3.05) is 48.8 Å². The Balaban J connectivity index is 1.52. The normalized spacial score (nSPS) is 20.2. The highest BCUT2D eigenvalue weighted by molar-refractivity contribution is 8.24. The van der Waals surface area contributed by atoms with Gasteiger partial charge in [-0.25, -0.2) is 4.98 Å². The number of hydrogen-bond donors (Lipinski definition) is 4. The van der Waals surface area contributed by atoms with Gasteiger partial charge in [-0.05, 0) is 30.7 Å². The van der Waals surface area contributed by atoms with E-state index < -0.39 is 10.6 Å². The lowest BCUT2D eigenvalue weighted by Crippen LogP contribution is -2.52. The second-order valence-electron chi connectivity index (χ2n) is 8.84. The lowest BCUT2D eigenvalue weighted by Gasteiger charge is -2.40. The number of benzene rings is 2. The van der Waals surface area contributed by atoms with E-state index >= 15 is 0 Å². The molecule has 2 aliphatic heterocycles. The zero-order chi connectivity index (χ0) is 22.3. The third-order valence-electron chi connectivity index (χ3n) is 6.33. The fourth-order valence-electron chi connectivity index (χ4n) is 4.22. The van der Waals surface area contributed by atoms with Gasteiger partial charge >= 0.3 is 0 Å². The van der Waals surface area contributed by atoms with E-state index in [-0.39, 0.29) is 11.2 Å². The summed E-state index contributed by atoms with van der Waals surface area (Å²) in [6, 6.07) is 13.6. The van der Waals surface area contributed by atoms with Crippen molar-refractivity contribution >= 4 is 33.3 Å². The number of anilines is 2. The number of aryl methyl sites for hydroxylation is 1. The molecule has 0 atom stereocenters. The van der Waals surface area contributed by atoms with Crippen molar-refractivity contribution in [2.45, 2.75) is 18.4 Å². The van der Waals surface area contributed by atoms with E-state index in [1.54, 1.807) is 6.07 Å². The highest BCUT2D eigenvalue weighted by Gasteiger charge is 2.37. The first-order valence-electron chi connectivity index (χ1n) is 10.8. The van der Waals surface area contributed by atoms with Crippen molar-refractivity contribution in [1.29, 1.82) is 0 Å². The first kappa shape index (κ1) is 21.4. The van der Waals surface area contributed by atoms with E-state index in [1.165, 1.54) is 0 Å². The van der Waals surface area contributed by atoms with Gasteiger partial charge in [0.1, 0.15) is 5.82 Å². The first-order chi connectivity index (χ1) is 15.4. The summed E-state index contributed by atoms with van der Waals surface area (Å²) >= 11 is 0. The molecule has 1 saturated heterocycles. The number of ether oxygens (including phenoxy) is 1. The average Bonchev–Trinajstić information content (AvgIpc) is 2.89. The molecule has 8 nitrogen and oxygen atoms in total. The number of nitrogens with two attached hydrogens (primary N) is 1. The van der Waals surface area contributed by atoms with E-state index in [2.05, 4.69) is 18.3 Å². The number of hydrogen-bond acceptors (Lipinski definition) is 8. The molecule has 9 heteroatoms. The Hall–Kier alpha value is -2.43. The second-order valence-corrected chi connectivity index (χ2v) is 11.0. The largest absolute Gasteiger partial charge is 0.380 e. The molecule has 0 saturated carbocycles. The van der Waals surface area contributed by atoms with E-state index in [1.807, 2.05) is 35.2 Å². The van der Waals surface area contributed by atoms with E-state index in [0.717, 1.165) is 27.8 Å². The van der Waals surface area contributed by atoms with Crippen LogP contribution in [0, 0.1) is 12.3 Å². The molecule has 0 aliphatic carbocycles. The number of fused-ring (bicyclic) bond motifs is 2. The fourth-order valence-corrected chi connectivity index (χ4v) is 5.76. The van der Waals surface area contributed by atoms with Crippen LogP contribution in [0.3, 0.4) is 0 Å². The molecule has 0 bridgehead atoms. The minimum absolute atomic E-state index is 0.0699. The van der Waals surface area contributed by atoms with Gasteiger partial charge in [-0.1, -0.05) is 29.8 Å². The third-order valence-corrected chi connectivity index (χ3v) is 8.19. The molecule has 0 unspecified atom stereocenters. The molecule has 2 aromatic carbocycles. The Morgan fingerprint density at radius 1 is 1.19 bits per heavy atom. The summed E-state index contributed by atoms with van der Waals surface area (Å²) in [4.78, 5) is 12.4. The molecule has 0 amide bonds. The molecule has 0 spiro atoms. The molecule has 3 aromatic rings. The van der Waals surface area contributed by atoms with E-state index in [4.69, 9.17) is 20.4 Å². The van der Waals surface area contributed by atoms with E-state index in [0.29, 0.717) is 50.2 Å². The first-order valence-corrected chi connectivity index (χ1v) is 12.5. The molecule has 32 heavy (non-hydrogen) atoms. The minimum Gasteiger partial charge on any atom is -0.380 e. The SMILES string of the molecule is Cc1ccc2nc(N3CCS(O)(O)c4ccccc4C3)nc(NCC3(CN)COC3)c2c1. The standard InChI is InChI=1S/C23H29N5O3S/c1-16-6-7-19-18(10-16)21(25-13-23(12-24)14-31-15-23)27-22(26-19)28-8-9-32(29,30)20-5-3-2-4-17(20)11-28/h2-7,10,29-30H,8-9,11-15,24H2,1H3,(H,25,26,27). The van der Waals surface area contributed by atoms with Gasteiger partial charge in [0.2, 0.25) is 5.95 Å². The predicted octanol–water partition coefficient (Wildman–Crippen LogP) is 3.46. The number of rotatable bonds is 5. The van der Waals surface area contributed by atoms with Crippen LogP contribution in [0.2, 0.25) is 0 Å². The molecule has 0 radical (unpaired) electrons. The van der Waals surface area contributed by atoms with Crippen LogP contribution in [0.4, 0.5) is 11.8 Å². The minimum atomic E-state index is -2.85. The summed E-state index contributed by atoms with van der Waals surface area (Å²) < 4.78 is 26.8. The fraction of sp³-hybridized carbons (Fsp3) is 0.391. The molecule has 2 aliphatic rings. The highest BCUT2D eigenvalue weighted by atomic mass is 32.3. The van der Waals surface area contributed by atoms with Gasteiger partial charge in [0.25, 0.3) is 0 Å². The Morgan fingerprint density at radius 2 is 2.00 bits per heavy atom. The predicted molar refractivity (Wildman–Crippen MR) is 129 cm³/mol. The molecule has 5 N–H and O–H groups in total. The molecule has 5 rings (SSSR count). The number of nitrogens with zero attached hydrogens (tertiary/aromatic N) is 3. The summed E-state index contributed by atoms with van der Waals surface area (Å²) in [7, 11) is -2.85. The van der Waals surface area contributed by atoms with Crippen LogP contribution >= 0.6 is 10.6 Å². The second kappa shape index (κ2) is 8.17. The zero-order valence-electron chi connectivity index (χ0n) is 18.1. The molecular weight excluding hydrogens is 426 g/mol. The van der Waals surface area contributed by atoms with Crippen molar-refractivity contribution in [3.05, 3.63) is 53.6 Å². The van der Waals surface area contributed by atoms with Crippen LogP contribution in [0.5, 0.6) is 0 Å². The summed E-state index contributed by atoms with van der Waals surface area (Å²) in [5.41, 5.74) is 8.80. The van der Waals surface area contributed by atoms with Gasteiger partial charge in [0.15, 0.2) is 0 Å². The Kier molecular flexibility index (Phi) is 5.47. The van der Waals surface area contributed by atoms with Crippen molar-refractivity contribution in [1.82, 2.24) is 9.97 Å². The maximum Gasteiger partial charge on any atom is 0.228 e.